The molecule has 0 fully saturated rings. The third kappa shape index (κ3) is 5.94. The predicted molar refractivity (Wildman–Crippen MR) is 117 cm³/mol. The van der Waals surface area contributed by atoms with Crippen molar-refractivity contribution in [2.24, 2.45) is 0 Å². The standard InChI is InChI=1S/C22H25ClN6O2/c1-14(25-22(31)9-19-13-28(12-15(2)30)16(3)26-19)11-29-7-6-21(27-29)17-4-5-18(10-24)20(23)8-17/h4-8,13-15,30H,9,11-12H2,1-3H3,(H,25,31)/t14-,15-/m0/s1. The molecule has 0 saturated heterocycles. The Morgan fingerprint density at radius 3 is 2.77 bits per heavy atom. The molecule has 0 saturated carbocycles. The summed E-state index contributed by atoms with van der Waals surface area (Å²) in [4.78, 5) is 16.8. The summed E-state index contributed by atoms with van der Waals surface area (Å²) in [6, 6.07) is 8.97. The van der Waals surface area contributed by atoms with Crippen LogP contribution in [0.25, 0.3) is 11.3 Å². The Morgan fingerprint density at radius 2 is 2.10 bits per heavy atom. The van der Waals surface area contributed by atoms with Crippen molar-refractivity contribution in [1.82, 2.24) is 24.6 Å². The van der Waals surface area contributed by atoms with Crippen LogP contribution in [0.1, 0.15) is 30.9 Å². The Morgan fingerprint density at radius 1 is 1.32 bits per heavy atom. The van der Waals surface area contributed by atoms with Crippen LogP contribution in [0.4, 0.5) is 0 Å². The second-order valence-corrected chi connectivity index (χ2v) is 8.06. The first-order valence-corrected chi connectivity index (χ1v) is 10.4. The van der Waals surface area contributed by atoms with E-state index < -0.39 is 6.10 Å². The molecular weight excluding hydrogens is 416 g/mol. The molecule has 2 N–H and O–H groups in total. The SMILES string of the molecule is Cc1nc(CC(=O)N[C@@H](C)Cn2ccc(-c3ccc(C#N)c(Cl)c3)n2)cn1C[C@H](C)O. The number of benzene rings is 1. The zero-order valence-electron chi connectivity index (χ0n) is 17.7. The van der Waals surface area contributed by atoms with Crippen LogP contribution in [0.2, 0.25) is 5.02 Å². The van der Waals surface area contributed by atoms with E-state index in [9.17, 15) is 9.90 Å². The summed E-state index contributed by atoms with van der Waals surface area (Å²) >= 11 is 6.11. The fourth-order valence-corrected chi connectivity index (χ4v) is 3.55. The zero-order valence-corrected chi connectivity index (χ0v) is 18.5. The summed E-state index contributed by atoms with van der Waals surface area (Å²) < 4.78 is 3.60. The average Bonchev–Trinajstić information content (AvgIpc) is 3.27. The Hall–Kier alpha value is -3.15. The average molecular weight is 441 g/mol. The number of imidazole rings is 1. The van der Waals surface area contributed by atoms with Gasteiger partial charge in [-0.25, -0.2) is 4.98 Å². The summed E-state index contributed by atoms with van der Waals surface area (Å²) in [6.45, 7) is 6.43. The number of nitrogens with one attached hydrogen (secondary N) is 1. The molecule has 0 aliphatic rings. The van der Waals surface area contributed by atoms with Crippen molar-refractivity contribution in [3.05, 3.63) is 58.8 Å². The highest BCUT2D eigenvalue weighted by molar-refractivity contribution is 6.32. The highest BCUT2D eigenvalue weighted by atomic mass is 35.5. The van der Waals surface area contributed by atoms with Crippen LogP contribution in [-0.4, -0.2) is 42.5 Å². The lowest BCUT2D eigenvalue weighted by molar-refractivity contribution is -0.121. The number of nitrogens with zero attached hydrogens (tertiary/aromatic N) is 5. The van der Waals surface area contributed by atoms with E-state index in [-0.39, 0.29) is 18.4 Å². The van der Waals surface area contributed by atoms with Gasteiger partial charge in [-0.1, -0.05) is 17.7 Å². The van der Waals surface area contributed by atoms with Gasteiger partial charge in [-0.2, -0.15) is 10.4 Å². The number of carbonyl (C=O) groups is 1. The second kappa shape index (κ2) is 9.77. The van der Waals surface area contributed by atoms with Gasteiger partial charge in [0.25, 0.3) is 0 Å². The minimum atomic E-state index is -0.478. The maximum absolute atomic E-state index is 12.4. The summed E-state index contributed by atoms with van der Waals surface area (Å²) in [7, 11) is 0. The van der Waals surface area contributed by atoms with Crippen LogP contribution in [0.15, 0.2) is 36.7 Å². The summed E-state index contributed by atoms with van der Waals surface area (Å²) in [6.07, 6.45) is 3.33. The van der Waals surface area contributed by atoms with E-state index in [2.05, 4.69) is 15.4 Å². The fraction of sp³-hybridized carbons (Fsp3) is 0.364. The van der Waals surface area contributed by atoms with Gasteiger partial charge in [0.1, 0.15) is 11.9 Å². The van der Waals surface area contributed by atoms with Crippen molar-refractivity contribution >= 4 is 17.5 Å². The van der Waals surface area contributed by atoms with Gasteiger partial charge in [0.05, 0.1) is 41.0 Å². The Kier molecular flexibility index (Phi) is 7.10. The number of amides is 1. The Balaban J connectivity index is 1.56. The zero-order chi connectivity index (χ0) is 22.5. The van der Waals surface area contributed by atoms with Gasteiger partial charge in [0.15, 0.2) is 0 Å². The van der Waals surface area contributed by atoms with E-state index in [1.807, 2.05) is 36.7 Å². The van der Waals surface area contributed by atoms with Gasteiger partial charge < -0.3 is 15.0 Å². The van der Waals surface area contributed by atoms with E-state index in [1.54, 1.807) is 36.0 Å². The van der Waals surface area contributed by atoms with Crippen molar-refractivity contribution in [3.63, 3.8) is 0 Å². The van der Waals surface area contributed by atoms with Crippen molar-refractivity contribution in [3.8, 4) is 17.3 Å². The number of aryl methyl sites for hydroxylation is 1. The molecule has 3 aromatic rings. The molecule has 1 amide bonds. The molecule has 2 aromatic heterocycles. The maximum Gasteiger partial charge on any atom is 0.226 e. The summed E-state index contributed by atoms with van der Waals surface area (Å²) in [5.74, 6) is 0.643. The molecule has 0 unspecified atom stereocenters. The molecule has 2 atom stereocenters. The first kappa shape index (κ1) is 22.5. The first-order chi connectivity index (χ1) is 14.7. The second-order valence-electron chi connectivity index (χ2n) is 7.66. The lowest BCUT2D eigenvalue weighted by Crippen LogP contribution is -2.36. The molecule has 0 radical (unpaired) electrons. The molecule has 0 bridgehead atoms. The van der Waals surface area contributed by atoms with Gasteiger partial charge in [0.2, 0.25) is 5.91 Å². The molecule has 0 aliphatic carbocycles. The maximum atomic E-state index is 12.4. The van der Waals surface area contributed by atoms with Gasteiger partial charge >= 0.3 is 0 Å². The predicted octanol–water partition coefficient (Wildman–Crippen LogP) is 2.71. The van der Waals surface area contributed by atoms with E-state index >= 15 is 0 Å². The number of aromatic nitrogens is 4. The highest BCUT2D eigenvalue weighted by Crippen LogP contribution is 2.24. The first-order valence-electron chi connectivity index (χ1n) is 9.98. The largest absolute Gasteiger partial charge is 0.392 e. The van der Waals surface area contributed by atoms with Crippen molar-refractivity contribution < 1.29 is 9.90 Å². The van der Waals surface area contributed by atoms with Crippen molar-refractivity contribution in [1.29, 1.82) is 5.26 Å². The number of aliphatic hydroxyl groups excluding tert-OH is 1. The minimum Gasteiger partial charge on any atom is -0.392 e. The molecule has 162 valence electrons. The topological polar surface area (TPSA) is 109 Å². The van der Waals surface area contributed by atoms with Crippen LogP contribution in [0, 0.1) is 18.3 Å². The van der Waals surface area contributed by atoms with Gasteiger partial charge in [-0.05, 0) is 39.0 Å². The number of halogens is 1. The number of aliphatic hydroxyl groups is 1. The minimum absolute atomic E-state index is 0.125. The molecule has 8 nitrogen and oxygen atoms in total. The van der Waals surface area contributed by atoms with Crippen LogP contribution < -0.4 is 5.32 Å². The monoisotopic (exact) mass is 440 g/mol. The summed E-state index contributed by atoms with van der Waals surface area (Å²) in [5.41, 5.74) is 2.65. The lowest BCUT2D eigenvalue weighted by Gasteiger charge is -2.13. The fourth-order valence-electron chi connectivity index (χ4n) is 3.33. The van der Waals surface area contributed by atoms with Gasteiger partial charge in [-0.15, -0.1) is 0 Å². The third-order valence-corrected chi connectivity index (χ3v) is 5.04. The van der Waals surface area contributed by atoms with Crippen LogP contribution in [0.3, 0.4) is 0 Å². The molecule has 0 spiro atoms. The van der Waals surface area contributed by atoms with Crippen LogP contribution >= 0.6 is 11.6 Å². The number of rotatable bonds is 8. The molecular formula is C22H25ClN6O2. The molecule has 31 heavy (non-hydrogen) atoms. The highest BCUT2D eigenvalue weighted by Gasteiger charge is 2.14. The van der Waals surface area contributed by atoms with Gasteiger partial charge in [-0.3, -0.25) is 9.48 Å². The van der Waals surface area contributed by atoms with Crippen molar-refractivity contribution in [2.45, 2.75) is 52.4 Å². The number of hydrogen-bond acceptors (Lipinski definition) is 5. The van der Waals surface area contributed by atoms with Gasteiger partial charge in [0, 0.05) is 30.5 Å². The van der Waals surface area contributed by atoms with E-state index in [0.717, 1.165) is 17.1 Å². The van der Waals surface area contributed by atoms with E-state index in [1.165, 1.54) is 0 Å². The third-order valence-electron chi connectivity index (χ3n) is 4.72. The summed E-state index contributed by atoms with van der Waals surface area (Å²) in [5, 5.41) is 26.4. The van der Waals surface area contributed by atoms with Crippen molar-refractivity contribution in [2.75, 3.05) is 0 Å². The van der Waals surface area contributed by atoms with Crippen LogP contribution in [0.5, 0.6) is 0 Å². The van der Waals surface area contributed by atoms with E-state index in [4.69, 9.17) is 16.9 Å². The normalized spacial score (nSPS) is 12.9. The van der Waals surface area contributed by atoms with E-state index in [0.29, 0.717) is 29.4 Å². The molecule has 0 aliphatic heterocycles. The molecule has 1 aromatic carbocycles. The smallest absolute Gasteiger partial charge is 0.226 e. The Labute approximate surface area is 186 Å². The number of hydrogen-bond donors (Lipinski definition) is 2. The molecule has 3 rings (SSSR count). The number of carbonyl (C=O) groups excluding carboxylic acids is 1. The Bertz CT molecular complexity index is 1110. The number of nitriles is 1. The molecule has 2 heterocycles. The molecule has 9 heteroatoms. The quantitative estimate of drug-likeness (QED) is 0.559. The van der Waals surface area contributed by atoms with Crippen LogP contribution in [-0.2, 0) is 24.3 Å². The lowest BCUT2D eigenvalue weighted by atomic mass is 10.1.